The number of aromatic nitrogens is 4. The highest BCUT2D eigenvalue weighted by molar-refractivity contribution is 6.33. The summed E-state index contributed by atoms with van der Waals surface area (Å²) in [5.74, 6) is -0.567. The average molecular weight is 544 g/mol. The van der Waals surface area contributed by atoms with Crippen molar-refractivity contribution in [3.05, 3.63) is 79.4 Å². The van der Waals surface area contributed by atoms with Crippen molar-refractivity contribution in [1.82, 2.24) is 18.7 Å². The zero-order valence-electron chi connectivity index (χ0n) is 19.6. The predicted molar refractivity (Wildman–Crippen MR) is 139 cm³/mol. The fraction of sp³-hybridized carbons (Fsp3) is 0.280. The fourth-order valence-corrected chi connectivity index (χ4v) is 4.89. The number of nitrogens with zero attached hydrogens (tertiary/aromatic N) is 4. The molecule has 3 N–H and O–H groups in total. The molecule has 2 aromatic heterocycles. The van der Waals surface area contributed by atoms with Crippen LogP contribution < -0.4 is 17.0 Å². The topological polar surface area (TPSA) is 134 Å². The number of nitrogens with two attached hydrogens (primary N) is 1. The van der Waals surface area contributed by atoms with Crippen molar-refractivity contribution in [2.45, 2.75) is 31.5 Å². The number of hydrogen-bond donors (Lipinski definition) is 2. The van der Waals surface area contributed by atoms with Gasteiger partial charge in [-0.1, -0.05) is 35.3 Å². The Kier molecular flexibility index (Phi) is 6.67. The molecule has 5 rings (SSSR count). The third kappa shape index (κ3) is 4.69. The van der Waals surface area contributed by atoms with Crippen molar-refractivity contribution in [3.8, 4) is 17.1 Å². The van der Waals surface area contributed by atoms with Gasteiger partial charge in [0.25, 0.3) is 5.56 Å². The van der Waals surface area contributed by atoms with Gasteiger partial charge in [0.1, 0.15) is 12.4 Å². The van der Waals surface area contributed by atoms with Crippen molar-refractivity contribution in [2.24, 2.45) is 5.73 Å². The third-order valence-corrected chi connectivity index (χ3v) is 7.00. The van der Waals surface area contributed by atoms with Gasteiger partial charge in [0.2, 0.25) is 5.91 Å². The van der Waals surface area contributed by atoms with Crippen LogP contribution in [0.1, 0.15) is 12.8 Å². The number of amides is 1. The Morgan fingerprint density at radius 1 is 1.05 bits per heavy atom. The highest BCUT2D eigenvalue weighted by atomic mass is 35.5. The molecule has 0 spiro atoms. The number of hydrogen-bond acceptors (Lipinski definition) is 6. The second-order valence-electron chi connectivity index (χ2n) is 8.96. The lowest BCUT2D eigenvalue weighted by Gasteiger charge is -2.32. The molecule has 1 aliphatic rings. The van der Waals surface area contributed by atoms with E-state index in [0.717, 1.165) is 4.57 Å². The van der Waals surface area contributed by atoms with Crippen LogP contribution in [0.15, 0.2) is 58.1 Å². The van der Waals surface area contributed by atoms with Gasteiger partial charge < -0.3 is 15.6 Å². The molecule has 0 radical (unpaired) electrons. The summed E-state index contributed by atoms with van der Waals surface area (Å²) in [6.45, 7) is -0.161. The lowest BCUT2D eigenvalue weighted by molar-refractivity contribution is -0.118. The number of primary amides is 1. The molecule has 0 bridgehead atoms. The number of imidazole rings is 1. The molecule has 3 heterocycles. The molecule has 12 heteroatoms. The summed E-state index contributed by atoms with van der Waals surface area (Å²) in [6.07, 6.45) is 0.566. The standard InChI is InChI=1S/C25H23Cl2N5O5/c26-15-5-7-16(8-6-15)32-20-22(29-21(32)17-3-1-2-4-18(17)27)31(14-25(36)9-11-37-12-10-25)24(35)30(23(20)34)13-19(28)33/h1-8,36H,9-14H2,(H2,28,33). The number of benzene rings is 2. The Balaban J connectivity index is 1.90. The number of carbonyl (C=O) groups excluding carboxylic acids is 1. The minimum atomic E-state index is -1.28. The van der Waals surface area contributed by atoms with Crippen LogP contribution in [0.4, 0.5) is 0 Å². The van der Waals surface area contributed by atoms with Crippen LogP contribution in [-0.4, -0.2) is 48.5 Å². The maximum absolute atomic E-state index is 13.7. The summed E-state index contributed by atoms with van der Waals surface area (Å²) in [5.41, 5.74) is 3.65. The van der Waals surface area contributed by atoms with Crippen LogP contribution in [0.2, 0.25) is 10.0 Å². The fourth-order valence-electron chi connectivity index (χ4n) is 4.55. The maximum Gasteiger partial charge on any atom is 0.333 e. The number of rotatable bonds is 6. The van der Waals surface area contributed by atoms with E-state index in [9.17, 15) is 19.5 Å². The van der Waals surface area contributed by atoms with E-state index < -0.39 is 29.3 Å². The molecule has 1 amide bonds. The van der Waals surface area contributed by atoms with Crippen molar-refractivity contribution in [3.63, 3.8) is 0 Å². The Morgan fingerprint density at radius 2 is 1.73 bits per heavy atom. The summed E-state index contributed by atoms with van der Waals surface area (Å²) in [7, 11) is 0. The second kappa shape index (κ2) is 9.79. The van der Waals surface area contributed by atoms with Gasteiger partial charge in [0, 0.05) is 42.3 Å². The molecule has 4 aromatic rings. The molecule has 192 valence electrons. The molecular formula is C25H23Cl2N5O5. The molecule has 0 unspecified atom stereocenters. The van der Waals surface area contributed by atoms with Crippen molar-refractivity contribution in [2.75, 3.05) is 13.2 Å². The molecule has 0 atom stereocenters. The minimum absolute atomic E-state index is 0.0220. The van der Waals surface area contributed by atoms with Gasteiger partial charge in [-0.2, -0.15) is 0 Å². The smallest absolute Gasteiger partial charge is 0.333 e. The van der Waals surface area contributed by atoms with Gasteiger partial charge in [-0.05, 0) is 36.4 Å². The number of carbonyl (C=O) groups is 1. The largest absolute Gasteiger partial charge is 0.388 e. The first-order valence-electron chi connectivity index (χ1n) is 11.5. The molecule has 2 aromatic carbocycles. The SMILES string of the molecule is NC(=O)Cn1c(=O)c2c(nc(-c3ccccc3Cl)n2-c2ccc(Cl)cc2)n(CC2(O)CCOCC2)c1=O. The third-order valence-electron chi connectivity index (χ3n) is 6.41. The maximum atomic E-state index is 13.7. The van der Waals surface area contributed by atoms with Crippen LogP contribution in [0, 0.1) is 0 Å². The van der Waals surface area contributed by atoms with Gasteiger partial charge in [-0.25, -0.2) is 14.3 Å². The molecule has 1 aliphatic heterocycles. The van der Waals surface area contributed by atoms with Crippen LogP contribution >= 0.6 is 23.2 Å². The summed E-state index contributed by atoms with van der Waals surface area (Å²) < 4.78 is 8.92. The van der Waals surface area contributed by atoms with E-state index >= 15 is 0 Å². The highest BCUT2D eigenvalue weighted by Crippen LogP contribution is 2.32. The summed E-state index contributed by atoms with van der Waals surface area (Å²) in [6, 6.07) is 13.7. The first-order chi connectivity index (χ1) is 17.7. The molecule has 37 heavy (non-hydrogen) atoms. The molecule has 1 saturated heterocycles. The van der Waals surface area contributed by atoms with E-state index in [1.807, 2.05) is 0 Å². The quantitative estimate of drug-likeness (QED) is 0.383. The lowest BCUT2D eigenvalue weighted by atomic mass is 9.94. The van der Waals surface area contributed by atoms with E-state index in [2.05, 4.69) is 0 Å². The summed E-state index contributed by atoms with van der Waals surface area (Å²) >= 11 is 12.6. The van der Waals surface area contributed by atoms with Gasteiger partial charge in [0.15, 0.2) is 11.2 Å². The van der Waals surface area contributed by atoms with Crippen molar-refractivity contribution in [1.29, 1.82) is 0 Å². The summed E-state index contributed by atoms with van der Waals surface area (Å²) in [4.78, 5) is 43.8. The van der Waals surface area contributed by atoms with E-state index in [1.165, 1.54) is 4.57 Å². The van der Waals surface area contributed by atoms with E-state index in [1.54, 1.807) is 53.1 Å². The van der Waals surface area contributed by atoms with Crippen molar-refractivity contribution < 1.29 is 14.6 Å². The minimum Gasteiger partial charge on any atom is -0.388 e. The molecular weight excluding hydrogens is 521 g/mol. The number of halogens is 2. The van der Waals surface area contributed by atoms with Gasteiger partial charge in [-0.3, -0.25) is 18.7 Å². The zero-order valence-corrected chi connectivity index (χ0v) is 21.1. The normalized spacial score (nSPS) is 15.2. The molecule has 0 saturated carbocycles. The highest BCUT2D eigenvalue weighted by Gasteiger charge is 2.33. The predicted octanol–water partition coefficient (Wildman–Crippen LogP) is 2.35. The van der Waals surface area contributed by atoms with Crippen LogP contribution in [-0.2, 0) is 22.6 Å². The number of ether oxygens (including phenoxy) is 1. The van der Waals surface area contributed by atoms with Gasteiger partial charge >= 0.3 is 5.69 Å². The van der Waals surface area contributed by atoms with Gasteiger partial charge in [0.05, 0.1) is 17.2 Å². The Hall–Kier alpha value is -3.44. The Morgan fingerprint density at radius 3 is 2.38 bits per heavy atom. The molecule has 10 nitrogen and oxygen atoms in total. The Labute approximate surface area is 220 Å². The number of aliphatic hydroxyl groups is 1. The molecule has 1 fully saturated rings. The first-order valence-corrected chi connectivity index (χ1v) is 12.3. The van der Waals surface area contributed by atoms with Crippen LogP contribution in [0.3, 0.4) is 0 Å². The van der Waals surface area contributed by atoms with E-state index in [4.69, 9.17) is 38.7 Å². The monoisotopic (exact) mass is 543 g/mol. The zero-order chi connectivity index (χ0) is 26.3. The van der Waals surface area contributed by atoms with Crippen LogP contribution in [0.25, 0.3) is 28.2 Å². The summed E-state index contributed by atoms with van der Waals surface area (Å²) in [5, 5.41) is 12.1. The van der Waals surface area contributed by atoms with Gasteiger partial charge in [-0.15, -0.1) is 0 Å². The van der Waals surface area contributed by atoms with E-state index in [-0.39, 0.29) is 30.6 Å². The van der Waals surface area contributed by atoms with E-state index in [0.29, 0.717) is 40.3 Å². The Bertz CT molecular complexity index is 1620. The molecule has 0 aliphatic carbocycles. The average Bonchev–Trinajstić information content (AvgIpc) is 3.26. The number of fused-ring (bicyclic) bond motifs is 1. The second-order valence-corrected chi connectivity index (χ2v) is 9.81. The van der Waals surface area contributed by atoms with Crippen molar-refractivity contribution >= 4 is 40.3 Å². The lowest BCUT2D eigenvalue weighted by Crippen LogP contribution is -2.48. The first kappa shape index (κ1) is 25.2. The van der Waals surface area contributed by atoms with Crippen LogP contribution in [0.5, 0.6) is 0 Å².